The Labute approximate surface area is 173 Å². The lowest BCUT2D eigenvalue weighted by Crippen LogP contribution is -2.61. The van der Waals surface area contributed by atoms with Crippen LogP contribution >= 0.6 is 0 Å². The Morgan fingerprint density at radius 1 is 1.21 bits per heavy atom. The Morgan fingerprint density at radius 2 is 2.00 bits per heavy atom. The minimum atomic E-state index is -0.617. The third-order valence-corrected chi connectivity index (χ3v) is 7.11. The molecule has 2 saturated heterocycles. The van der Waals surface area contributed by atoms with E-state index < -0.39 is 5.60 Å². The smallest absolute Gasteiger partial charge is 0.225 e. The van der Waals surface area contributed by atoms with Gasteiger partial charge in [-0.1, -0.05) is 12.5 Å². The molecule has 1 amide bonds. The number of carbonyl (C=O) groups excluding carboxylic acids is 1. The number of amides is 1. The summed E-state index contributed by atoms with van der Waals surface area (Å²) in [5, 5.41) is 11.1. The lowest BCUT2D eigenvalue weighted by Gasteiger charge is -2.51. The highest BCUT2D eigenvalue weighted by Gasteiger charge is 2.46. The molecule has 0 bridgehead atoms. The Balaban J connectivity index is 1.30. The van der Waals surface area contributed by atoms with Crippen molar-refractivity contribution in [1.82, 2.24) is 9.80 Å². The van der Waals surface area contributed by atoms with Crippen molar-refractivity contribution in [3.63, 3.8) is 0 Å². The highest BCUT2D eigenvalue weighted by atomic mass is 16.5. The molecule has 0 spiro atoms. The largest absolute Gasteiger partial charge is 0.493 e. The van der Waals surface area contributed by atoms with E-state index >= 15 is 0 Å². The third kappa shape index (κ3) is 4.38. The fourth-order valence-corrected chi connectivity index (χ4v) is 4.87. The summed E-state index contributed by atoms with van der Waals surface area (Å²) in [4.78, 5) is 17.0. The summed E-state index contributed by atoms with van der Waals surface area (Å²) < 4.78 is 11.4. The van der Waals surface area contributed by atoms with Crippen LogP contribution in [0.15, 0.2) is 18.2 Å². The number of hydrogen-bond donors (Lipinski definition) is 1. The van der Waals surface area contributed by atoms with Gasteiger partial charge >= 0.3 is 0 Å². The summed E-state index contributed by atoms with van der Waals surface area (Å²) in [5.41, 5.74) is 0.524. The zero-order chi connectivity index (χ0) is 20.4. The van der Waals surface area contributed by atoms with E-state index in [9.17, 15) is 9.90 Å². The Morgan fingerprint density at radius 3 is 2.72 bits per heavy atom. The van der Waals surface area contributed by atoms with Gasteiger partial charge in [0.25, 0.3) is 0 Å². The van der Waals surface area contributed by atoms with Gasteiger partial charge < -0.3 is 19.5 Å². The molecule has 1 aliphatic carbocycles. The zero-order valence-electron chi connectivity index (χ0n) is 17.7. The van der Waals surface area contributed by atoms with E-state index in [1.807, 2.05) is 30.0 Å². The number of ether oxygens (including phenoxy) is 2. The normalized spacial score (nSPS) is 27.8. The van der Waals surface area contributed by atoms with E-state index in [-0.39, 0.29) is 11.8 Å². The molecule has 2 atom stereocenters. The number of aryl methyl sites for hydroxylation is 1. The average Bonchev–Trinajstić information content (AvgIpc) is 2.67. The number of piperidine rings is 2. The van der Waals surface area contributed by atoms with Crippen LogP contribution in [0.1, 0.15) is 37.7 Å². The minimum absolute atomic E-state index is 0.128. The van der Waals surface area contributed by atoms with Crippen LogP contribution < -0.4 is 9.47 Å². The van der Waals surface area contributed by atoms with Gasteiger partial charge in [0.15, 0.2) is 11.5 Å². The molecule has 4 rings (SSSR count). The molecule has 3 fully saturated rings. The number of nitrogens with zero attached hydrogens (tertiary/aromatic N) is 2. The van der Waals surface area contributed by atoms with Gasteiger partial charge in [0.2, 0.25) is 5.91 Å². The number of methoxy groups -OCH3 is 1. The molecule has 2 aliphatic heterocycles. The maximum Gasteiger partial charge on any atom is 0.225 e. The van der Waals surface area contributed by atoms with E-state index in [0.717, 1.165) is 56.0 Å². The molecule has 0 unspecified atom stereocenters. The summed E-state index contributed by atoms with van der Waals surface area (Å²) in [6, 6.07) is 5.95. The molecule has 1 aromatic carbocycles. The van der Waals surface area contributed by atoms with Crippen LogP contribution in [0.5, 0.6) is 11.5 Å². The van der Waals surface area contributed by atoms with Crippen molar-refractivity contribution in [3.8, 4) is 11.5 Å². The molecule has 29 heavy (non-hydrogen) atoms. The van der Waals surface area contributed by atoms with Gasteiger partial charge in [-0.25, -0.2) is 0 Å². The Hall–Kier alpha value is -1.79. The topological polar surface area (TPSA) is 62.2 Å². The molecule has 0 radical (unpaired) electrons. The van der Waals surface area contributed by atoms with E-state index in [1.54, 1.807) is 7.11 Å². The molecule has 6 heteroatoms. The molecule has 160 valence electrons. The molecule has 1 N–H and O–H groups in total. The molecular formula is C23H34N2O4. The fraction of sp³-hybridized carbons (Fsp3) is 0.696. The highest BCUT2D eigenvalue weighted by Crippen LogP contribution is 2.37. The van der Waals surface area contributed by atoms with Crippen LogP contribution in [-0.2, 0) is 4.79 Å². The van der Waals surface area contributed by atoms with Gasteiger partial charge in [-0.3, -0.25) is 9.69 Å². The van der Waals surface area contributed by atoms with E-state index in [1.165, 1.54) is 6.42 Å². The number of likely N-dealkylation sites (tertiary alicyclic amines) is 2. The maximum atomic E-state index is 12.7. The first kappa shape index (κ1) is 20.5. The average molecular weight is 403 g/mol. The minimum Gasteiger partial charge on any atom is -0.493 e. The van der Waals surface area contributed by atoms with Crippen molar-refractivity contribution in [2.75, 3.05) is 46.4 Å². The van der Waals surface area contributed by atoms with E-state index in [0.29, 0.717) is 32.0 Å². The second-order valence-electron chi connectivity index (χ2n) is 9.02. The number of fused-ring (bicyclic) bond motifs is 1. The van der Waals surface area contributed by atoms with Crippen LogP contribution in [0.4, 0.5) is 0 Å². The van der Waals surface area contributed by atoms with Crippen LogP contribution in [0, 0.1) is 18.8 Å². The quantitative estimate of drug-likeness (QED) is 0.792. The van der Waals surface area contributed by atoms with Gasteiger partial charge in [0.05, 0.1) is 12.7 Å². The SMILES string of the molecule is COc1cc(C)ccc1OCCN1CC[C@@]2(O)CCN(C(=O)C3CCC3)C[C@H]2C1. The van der Waals surface area contributed by atoms with Gasteiger partial charge in [-0.2, -0.15) is 0 Å². The number of carbonyl (C=O) groups is 1. The van der Waals surface area contributed by atoms with Gasteiger partial charge in [0.1, 0.15) is 6.61 Å². The summed E-state index contributed by atoms with van der Waals surface area (Å²) in [6.07, 6.45) is 4.74. The van der Waals surface area contributed by atoms with Gasteiger partial charge in [-0.05, 0) is 50.3 Å². The standard InChI is InChI=1S/C23H34N2O4/c1-17-6-7-20(21(14-17)28-2)29-13-12-24-10-8-23(27)9-11-25(16-19(23)15-24)22(26)18-4-3-5-18/h6-7,14,18-19,27H,3-5,8-13,15-16H2,1-2H3/t19-,23-/m1/s1. The van der Waals surface area contributed by atoms with Crippen LogP contribution in [-0.4, -0.2) is 72.9 Å². The van der Waals surface area contributed by atoms with E-state index in [2.05, 4.69) is 4.90 Å². The predicted molar refractivity (Wildman–Crippen MR) is 111 cm³/mol. The van der Waals surface area contributed by atoms with Crippen molar-refractivity contribution in [2.24, 2.45) is 11.8 Å². The Bertz CT molecular complexity index is 736. The first-order valence-electron chi connectivity index (χ1n) is 11.0. The fourth-order valence-electron chi connectivity index (χ4n) is 4.87. The van der Waals surface area contributed by atoms with Gasteiger partial charge in [0, 0.05) is 44.6 Å². The zero-order valence-corrected chi connectivity index (χ0v) is 17.7. The second kappa shape index (κ2) is 8.52. The van der Waals surface area contributed by atoms with Crippen LogP contribution in [0.3, 0.4) is 0 Å². The molecule has 3 aliphatic rings. The van der Waals surface area contributed by atoms with Crippen molar-refractivity contribution in [2.45, 2.75) is 44.6 Å². The number of rotatable bonds is 6. The van der Waals surface area contributed by atoms with E-state index in [4.69, 9.17) is 9.47 Å². The first-order chi connectivity index (χ1) is 14.0. The van der Waals surface area contributed by atoms with Crippen molar-refractivity contribution < 1.29 is 19.4 Å². The molecule has 6 nitrogen and oxygen atoms in total. The van der Waals surface area contributed by atoms with Crippen LogP contribution in [0.2, 0.25) is 0 Å². The summed E-state index contributed by atoms with van der Waals surface area (Å²) >= 11 is 0. The molecule has 1 saturated carbocycles. The Kier molecular flexibility index (Phi) is 6.02. The number of hydrogen-bond acceptors (Lipinski definition) is 5. The number of benzene rings is 1. The lowest BCUT2D eigenvalue weighted by atomic mass is 9.75. The van der Waals surface area contributed by atoms with Crippen molar-refractivity contribution in [1.29, 1.82) is 0 Å². The molecular weight excluding hydrogens is 368 g/mol. The molecule has 2 heterocycles. The maximum absolute atomic E-state index is 12.7. The number of aliphatic hydroxyl groups is 1. The monoisotopic (exact) mass is 402 g/mol. The van der Waals surface area contributed by atoms with Crippen LogP contribution in [0.25, 0.3) is 0 Å². The lowest BCUT2D eigenvalue weighted by molar-refractivity contribution is -0.152. The van der Waals surface area contributed by atoms with Gasteiger partial charge in [-0.15, -0.1) is 0 Å². The second-order valence-corrected chi connectivity index (χ2v) is 9.02. The molecule has 0 aromatic heterocycles. The highest BCUT2D eigenvalue weighted by molar-refractivity contribution is 5.79. The summed E-state index contributed by atoms with van der Waals surface area (Å²) in [5.74, 6) is 2.20. The molecule has 1 aromatic rings. The van der Waals surface area contributed by atoms with Crippen molar-refractivity contribution in [3.05, 3.63) is 23.8 Å². The first-order valence-corrected chi connectivity index (χ1v) is 11.0. The predicted octanol–water partition coefficient (Wildman–Crippen LogP) is 2.47. The summed E-state index contributed by atoms with van der Waals surface area (Å²) in [7, 11) is 1.66. The van der Waals surface area contributed by atoms with Crippen molar-refractivity contribution >= 4 is 5.91 Å². The summed E-state index contributed by atoms with van der Waals surface area (Å²) in [6.45, 7) is 6.50. The third-order valence-electron chi connectivity index (χ3n) is 7.11.